The first kappa shape index (κ1) is 20.7. The molecular formula is C25H25N3O3S. The molecule has 1 N–H and O–H groups in total. The number of ether oxygens (including phenoxy) is 2. The maximum absolute atomic E-state index is 12.8. The number of methoxy groups -OCH3 is 2. The fourth-order valence-electron chi connectivity index (χ4n) is 3.87. The molecule has 4 aromatic rings. The van der Waals surface area contributed by atoms with Crippen LogP contribution in [-0.4, -0.2) is 35.1 Å². The lowest BCUT2D eigenvalue weighted by molar-refractivity contribution is 0.239. The number of H-pyrrole nitrogens is 1. The number of aromatic amines is 1. The van der Waals surface area contributed by atoms with E-state index in [1.165, 1.54) is 29.7 Å². The zero-order valence-corrected chi connectivity index (χ0v) is 18.9. The van der Waals surface area contributed by atoms with E-state index >= 15 is 0 Å². The molecular weight excluding hydrogens is 422 g/mol. The first-order chi connectivity index (χ1) is 15.6. The number of benzene rings is 2. The standard InChI is InChI=1S/C25H25N3O3S/c1-30-19-9-3-16(4-10-19)14-28(18-7-8-18)15-23-26-21-13-22(32-24(21)25(29)27-23)17-5-11-20(31-2)12-6-17/h3-6,9-13,18H,7-8,14-15H2,1-2H3,(H,26,27,29). The van der Waals surface area contributed by atoms with Gasteiger partial charge >= 0.3 is 0 Å². The van der Waals surface area contributed by atoms with Gasteiger partial charge in [-0.3, -0.25) is 9.69 Å². The van der Waals surface area contributed by atoms with Crippen LogP contribution in [0.15, 0.2) is 59.4 Å². The Balaban J connectivity index is 1.39. The van der Waals surface area contributed by atoms with Crippen molar-refractivity contribution in [2.24, 2.45) is 0 Å². The Morgan fingerprint density at radius 2 is 1.66 bits per heavy atom. The van der Waals surface area contributed by atoms with Gasteiger partial charge in [0, 0.05) is 17.5 Å². The van der Waals surface area contributed by atoms with Gasteiger partial charge in [-0.15, -0.1) is 11.3 Å². The quantitative estimate of drug-likeness (QED) is 0.419. The molecule has 164 valence electrons. The first-order valence-corrected chi connectivity index (χ1v) is 11.5. The highest BCUT2D eigenvalue weighted by Gasteiger charge is 2.29. The van der Waals surface area contributed by atoms with Gasteiger partial charge in [0.1, 0.15) is 22.0 Å². The Kier molecular flexibility index (Phi) is 5.68. The second-order valence-corrected chi connectivity index (χ2v) is 9.10. The SMILES string of the molecule is COc1ccc(CN(Cc2nc3cc(-c4ccc(OC)cc4)sc3c(=O)[nH]2)C2CC2)cc1. The summed E-state index contributed by atoms with van der Waals surface area (Å²) < 4.78 is 11.2. The minimum absolute atomic E-state index is 0.0741. The predicted octanol–water partition coefficient (Wildman–Crippen LogP) is 4.83. The van der Waals surface area contributed by atoms with Crippen molar-refractivity contribution in [1.29, 1.82) is 0 Å². The first-order valence-electron chi connectivity index (χ1n) is 10.7. The van der Waals surface area contributed by atoms with E-state index < -0.39 is 0 Å². The molecule has 5 rings (SSSR count). The Morgan fingerprint density at radius 1 is 1.00 bits per heavy atom. The van der Waals surface area contributed by atoms with Crippen molar-refractivity contribution in [3.05, 3.63) is 76.3 Å². The maximum Gasteiger partial charge on any atom is 0.268 e. The number of nitrogens with one attached hydrogen (secondary N) is 1. The van der Waals surface area contributed by atoms with Crippen molar-refractivity contribution >= 4 is 21.6 Å². The molecule has 1 fully saturated rings. The van der Waals surface area contributed by atoms with Gasteiger partial charge in [-0.1, -0.05) is 12.1 Å². The van der Waals surface area contributed by atoms with Gasteiger partial charge in [0.15, 0.2) is 0 Å². The summed E-state index contributed by atoms with van der Waals surface area (Å²) in [6.07, 6.45) is 2.37. The van der Waals surface area contributed by atoms with Crippen LogP contribution >= 0.6 is 11.3 Å². The average Bonchev–Trinajstić information content (AvgIpc) is 3.58. The molecule has 0 saturated heterocycles. The summed E-state index contributed by atoms with van der Waals surface area (Å²) in [5.74, 6) is 2.38. The molecule has 0 aliphatic heterocycles. The number of fused-ring (bicyclic) bond motifs is 1. The van der Waals surface area contributed by atoms with Gasteiger partial charge in [-0.25, -0.2) is 4.98 Å². The molecule has 2 heterocycles. The second kappa shape index (κ2) is 8.76. The van der Waals surface area contributed by atoms with Crippen LogP contribution < -0.4 is 15.0 Å². The molecule has 7 heteroatoms. The average molecular weight is 448 g/mol. The fraction of sp³-hybridized carbons (Fsp3) is 0.280. The van der Waals surface area contributed by atoms with Gasteiger partial charge < -0.3 is 14.5 Å². The Labute approximate surface area is 190 Å². The summed E-state index contributed by atoms with van der Waals surface area (Å²) in [6.45, 7) is 1.44. The Hall–Kier alpha value is -3.16. The maximum atomic E-state index is 12.8. The van der Waals surface area contributed by atoms with Crippen molar-refractivity contribution in [3.63, 3.8) is 0 Å². The number of hydrogen-bond acceptors (Lipinski definition) is 6. The highest BCUT2D eigenvalue weighted by Crippen LogP contribution is 2.33. The number of rotatable bonds is 8. The number of nitrogens with zero attached hydrogens (tertiary/aromatic N) is 2. The molecule has 0 unspecified atom stereocenters. The van der Waals surface area contributed by atoms with Crippen LogP contribution in [0.2, 0.25) is 0 Å². The smallest absolute Gasteiger partial charge is 0.268 e. The van der Waals surface area contributed by atoms with Crippen LogP contribution in [0.5, 0.6) is 11.5 Å². The van der Waals surface area contributed by atoms with Crippen LogP contribution in [0, 0.1) is 0 Å². The Morgan fingerprint density at radius 3 is 2.28 bits per heavy atom. The predicted molar refractivity (Wildman–Crippen MR) is 127 cm³/mol. The number of thiophene rings is 1. The molecule has 1 saturated carbocycles. The van der Waals surface area contributed by atoms with Crippen LogP contribution in [0.25, 0.3) is 20.7 Å². The van der Waals surface area contributed by atoms with Gasteiger partial charge in [0.25, 0.3) is 5.56 Å². The molecule has 1 aliphatic rings. The summed E-state index contributed by atoms with van der Waals surface area (Å²) in [5, 5.41) is 0. The summed E-state index contributed by atoms with van der Waals surface area (Å²) in [4.78, 5) is 24.0. The number of hydrogen-bond donors (Lipinski definition) is 1. The highest BCUT2D eigenvalue weighted by molar-refractivity contribution is 7.22. The minimum atomic E-state index is -0.0741. The van der Waals surface area contributed by atoms with Crippen LogP contribution in [-0.2, 0) is 13.1 Å². The topological polar surface area (TPSA) is 67.5 Å². The number of aromatic nitrogens is 2. The summed E-state index contributed by atoms with van der Waals surface area (Å²) in [7, 11) is 3.33. The van der Waals surface area contributed by atoms with Gasteiger partial charge in [0.05, 0.1) is 26.3 Å². The van der Waals surface area contributed by atoms with Crippen molar-refractivity contribution in [3.8, 4) is 21.9 Å². The molecule has 0 amide bonds. The Bertz CT molecular complexity index is 1270. The van der Waals surface area contributed by atoms with Gasteiger partial charge in [-0.05, 0) is 66.4 Å². The largest absolute Gasteiger partial charge is 0.497 e. The van der Waals surface area contributed by atoms with Gasteiger partial charge in [0.2, 0.25) is 0 Å². The molecule has 2 aromatic carbocycles. The van der Waals surface area contributed by atoms with E-state index in [1.807, 2.05) is 42.5 Å². The molecule has 0 radical (unpaired) electrons. The zero-order chi connectivity index (χ0) is 22.1. The van der Waals surface area contributed by atoms with E-state index in [-0.39, 0.29) is 5.56 Å². The summed E-state index contributed by atoms with van der Waals surface area (Å²) >= 11 is 1.47. The molecule has 0 spiro atoms. The van der Waals surface area contributed by atoms with E-state index in [1.54, 1.807) is 14.2 Å². The van der Waals surface area contributed by atoms with Crippen molar-refractivity contribution in [2.75, 3.05) is 14.2 Å². The van der Waals surface area contributed by atoms with Gasteiger partial charge in [-0.2, -0.15) is 0 Å². The lowest BCUT2D eigenvalue weighted by Gasteiger charge is -2.21. The van der Waals surface area contributed by atoms with E-state index in [0.29, 0.717) is 23.1 Å². The molecule has 1 aliphatic carbocycles. The van der Waals surface area contributed by atoms with Crippen LogP contribution in [0.1, 0.15) is 24.2 Å². The highest BCUT2D eigenvalue weighted by atomic mass is 32.1. The molecule has 32 heavy (non-hydrogen) atoms. The van der Waals surface area contributed by atoms with E-state index in [2.05, 4.69) is 22.0 Å². The van der Waals surface area contributed by atoms with Crippen molar-refractivity contribution < 1.29 is 9.47 Å². The lowest BCUT2D eigenvalue weighted by Crippen LogP contribution is -2.27. The van der Waals surface area contributed by atoms with E-state index in [9.17, 15) is 4.79 Å². The minimum Gasteiger partial charge on any atom is -0.497 e. The molecule has 0 bridgehead atoms. The summed E-state index contributed by atoms with van der Waals surface area (Å²) in [6, 6.07) is 18.6. The molecule has 6 nitrogen and oxygen atoms in total. The summed E-state index contributed by atoms with van der Waals surface area (Å²) in [5.41, 5.74) is 2.95. The van der Waals surface area contributed by atoms with Crippen LogP contribution in [0.3, 0.4) is 0 Å². The third-order valence-electron chi connectivity index (χ3n) is 5.77. The normalized spacial score (nSPS) is 13.6. The third kappa shape index (κ3) is 4.40. The zero-order valence-electron chi connectivity index (χ0n) is 18.1. The van der Waals surface area contributed by atoms with Crippen LogP contribution in [0.4, 0.5) is 0 Å². The van der Waals surface area contributed by atoms with Crippen molar-refractivity contribution in [1.82, 2.24) is 14.9 Å². The molecule has 0 atom stereocenters. The monoisotopic (exact) mass is 447 g/mol. The lowest BCUT2D eigenvalue weighted by atomic mass is 10.2. The third-order valence-corrected chi connectivity index (χ3v) is 6.94. The van der Waals surface area contributed by atoms with E-state index in [4.69, 9.17) is 14.5 Å². The van der Waals surface area contributed by atoms with Crippen molar-refractivity contribution in [2.45, 2.75) is 32.0 Å². The fourth-order valence-corrected chi connectivity index (χ4v) is 4.87. The van der Waals surface area contributed by atoms with E-state index in [0.717, 1.165) is 34.0 Å². The second-order valence-electron chi connectivity index (χ2n) is 8.05. The molecule has 2 aromatic heterocycles.